The van der Waals surface area contributed by atoms with Crippen LogP contribution in [0.1, 0.15) is 26.7 Å². The van der Waals surface area contributed by atoms with Gasteiger partial charge in [0.15, 0.2) is 0 Å². The van der Waals surface area contributed by atoms with Gasteiger partial charge in [0, 0.05) is 13.1 Å². The second kappa shape index (κ2) is 2.56. The van der Waals surface area contributed by atoms with Crippen LogP contribution < -0.4 is 0 Å². The van der Waals surface area contributed by atoms with Crippen molar-refractivity contribution in [1.29, 1.82) is 0 Å². The van der Waals surface area contributed by atoms with Crippen molar-refractivity contribution < 1.29 is 0 Å². The van der Waals surface area contributed by atoms with Crippen molar-refractivity contribution in [3.05, 3.63) is 0 Å². The van der Waals surface area contributed by atoms with Gasteiger partial charge in [-0.3, -0.25) is 4.67 Å². The zero-order valence-corrected chi connectivity index (χ0v) is 7.51. The Bertz CT molecular complexity index is 91.1. The maximum Gasteiger partial charge on any atom is 0.00212 e. The standard InChI is InChI=1S/C7H16NP/c1-7(2)3-5-8(9)6-4-7/h3-6,9H2,1-2H3. The molecule has 0 amide bonds. The Morgan fingerprint density at radius 2 is 1.67 bits per heavy atom. The number of nitrogens with zero attached hydrogens (tertiary/aromatic N) is 1. The summed E-state index contributed by atoms with van der Waals surface area (Å²) in [4.78, 5) is 0. The molecule has 9 heavy (non-hydrogen) atoms. The van der Waals surface area contributed by atoms with Crippen molar-refractivity contribution in [2.45, 2.75) is 26.7 Å². The molecule has 1 unspecified atom stereocenters. The molecule has 0 N–H and O–H groups in total. The minimum atomic E-state index is 0.604. The lowest BCUT2D eigenvalue weighted by Gasteiger charge is -2.34. The van der Waals surface area contributed by atoms with Crippen LogP contribution in [0.15, 0.2) is 0 Å². The van der Waals surface area contributed by atoms with Gasteiger partial charge in [0.1, 0.15) is 0 Å². The molecule has 0 aromatic heterocycles. The lowest BCUT2D eigenvalue weighted by molar-refractivity contribution is 0.204. The Labute approximate surface area is 60.1 Å². The summed E-state index contributed by atoms with van der Waals surface area (Å²) in [5.41, 5.74) is 0.604. The molecule has 0 aromatic carbocycles. The minimum Gasteiger partial charge on any atom is -0.287 e. The molecule has 1 rings (SSSR count). The number of piperidine rings is 1. The van der Waals surface area contributed by atoms with E-state index in [1.807, 2.05) is 0 Å². The van der Waals surface area contributed by atoms with Gasteiger partial charge in [-0.2, -0.15) is 0 Å². The van der Waals surface area contributed by atoms with Crippen LogP contribution in [0.25, 0.3) is 0 Å². The van der Waals surface area contributed by atoms with Gasteiger partial charge in [-0.1, -0.05) is 23.2 Å². The molecular formula is C7H16NP. The normalized spacial score (nSPS) is 28.3. The number of hydrogen-bond donors (Lipinski definition) is 0. The van der Waals surface area contributed by atoms with Crippen LogP contribution in [0, 0.1) is 5.41 Å². The average molecular weight is 145 g/mol. The van der Waals surface area contributed by atoms with E-state index in [0.717, 1.165) is 0 Å². The lowest BCUT2D eigenvalue weighted by Crippen LogP contribution is -2.30. The summed E-state index contributed by atoms with van der Waals surface area (Å²) in [5.74, 6) is 0. The Balaban J connectivity index is 2.35. The summed E-state index contributed by atoms with van der Waals surface area (Å²) in [6.07, 6.45) is 2.69. The molecule has 54 valence electrons. The minimum absolute atomic E-state index is 0.604. The van der Waals surface area contributed by atoms with E-state index in [1.165, 1.54) is 25.9 Å². The molecule has 1 nitrogen and oxygen atoms in total. The molecule has 1 saturated heterocycles. The lowest BCUT2D eigenvalue weighted by atomic mass is 9.83. The van der Waals surface area contributed by atoms with Crippen LogP contribution in [-0.4, -0.2) is 17.8 Å². The summed E-state index contributed by atoms with van der Waals surface area (Å²) in [6, 6.07) is 0. The molecule has 2 heteroatoms. The molecule has 0 aromatic rings. The molecule has 0 saturated carbocycles. The molecule has 1 fully saturated rings. The van der Waals surface area contributed by atoms with Gasteiger partial charge in [-0.05, 0) is 18.3 Å². The van der Waals surface area contributed by atoms with Crippen LogP contribution in [0.4, 0.5) is 0 Å². The molecule has 0 spiro atoms. The Hall–Kier alpha value is 0.390. The third-order valence-electron chi connectivity index (χ3n) is 2.15. The van der Waals surface area contributed by atoms with Crippen molar-refractivity contribution in [2.24, 2.45) is 5.41 Å². The zero-order chi connectivity index (χ0) is 6.91. The largest absolute Gasteiger partial charge is 0.287 e. The molecular weight excluding hydrogens is 129 g/mol. The van der Waals surface area contributed by atoms with E-state index in [2.05, 4.69) is 27.9 Å². The van der Waals surface area contributed by atoms with E-state index in [9.17, 15) is 0 Å². The van der Waals surface area contributed by atoms with Crippen molar-refractivity contribution in [3.63, 3.8) is 0 Å². The van der Waals surface area contributed by atoms with E-state index in [1.54, 1.807) is 0 Å². The summed E-state index contributed by atoms with van der Waals surface area (Å²) in [7, 11) is 2.77. The van der Waals surface area contributed by atoms with Gasteiger partial charge in [0.05, 0.1) is 0 Å². The highest BCUT2D eigenvalue weighted by molar-refractivity contribution is 7.13. The first-order valence-corrected chi connectivity index (χ1v) is 4.11. The summed E-state index contributed by atoms with van der Waals surface area (Å²) in [5, 5.41) is 0. The predicted molar refractivity (Wildman–Crippen MR) is 44.3 cm³/mol. The van der Waals surface area contributed by atoms with Gasteiger partial charge in [0.25, 0.3) is 0 Å². The predicted octanol–water partition coefficient (Wildman–Crippen LogP) is 1.90. The highest BCUT2D eigenvalue weighted by Crippen LogP contribution is 2.30. The highest BCUT2D eigenvalue weighted by atomic mass is 31.0. The summed E-state index contributed by atoms with van der Waals surface area (Å²) >= 11 is 0. The third-order valence-corrected chi connectivity index (χ3v) is 2.67. The number of rotatable bonds is 0. The quantitative estimate of drug-likeness (QED) is 0.470. The van der Waals surface area contributed by atoms with Gasteiger partial charge < -0.3 is 0 Å². The van der Waals surface area contributed by atoms with Crippen LogP contribution in [-0.2, 0) is 0 Å². The molecule has 0 bridgehead atoms. The monoisotopic (exact) mass is 145 g/mol. The molecule has 1 aliphatic heterocycles. The second-order valence-electron chi connectivity index (χ2n) is 3.70. The highest BCUT2D eigenvalue weighted by Gasteiger charge is 2.22. The number of hydrogen-bond acceptors (Lipinski definition) is 1. The summed E-state index contributed by atoms with van der Waals surface area (Å²) < 4.78 is 2.32. The Morgan fingerprint density at radius 1 is 1.22 bits per heavy atom. The molecule has 0 radical (unpaired) electrons. The van der Waals surface area contributed by atoms with E-state index in [0.29, 0.717) is 5.41 Å². The van der Waals surface area contributed by atoms with Crippen molar-refractivity contribution in [2.75, 3.05) is 13.1 Å². The van der Waals surface area contributed by atoms with E-state index >= 15 is 0 Å². The van der Waals surface area contributed by atoms with Crippen LogP contribution in [0.2, 0.25) is 0 Å². The van der Waals surface area contributed by atoms with Crippen molar-refractivity contribution in [3.8, 4) is 0 Å². The third kappa shape index (κ3) is 2.23. The Morgan fingerprint density at radius 3 is 2.00 bits per heavy atom. The Kier molecular flexibility index (Phi) is 2.13. The summed E-state index contributed by atoms with van der Waals surface area (Å²) in [6.45, 7) is 7.20. The maximum absolute atomic E-state index is 2.77. The fraction of sp³-hybridized carbons (Fsp3) is 1.00. The molecule has 1 atom stereocenters. The molecule has 1 heterocycles. The van der Waals surface area contributed by atoms with Gasteiger partial charge in [-0.15, -0.1) is 0 Å². The van der Waals surface area contributed by atoms with Gasteiger partial charge in [-0.25, -0.2) is 0 Å². The van der Waals surface area contributed by atoms with Crippen molar-refractivity contribution >= 4 is 9.39 Å². The first kappa shape index (κ1) is 7.50. The van der Waals surface area contributed by atoms with Gasteiger partial charge in [0.2, 0.25) is 0 Å². The fourth-order valence-corrected chi connectivity index (χ4v) is 1.39. The van der Waals surface area contributed by atoms with Crippen LogP contribution in [0.3, 0.4) is 0 Å². The zero-order valence-electron chi connectivity index (χ0n) is 6.35. The molecule has 0 aliphatic carbocycles. The van der Waals surface area contributed by atoms with E-state index in [-0.39, 0.29) is 0 Å². The van der Waals surface area contributed by atoms with Gasteiger partial charge >= 0.3 is 0 Å². The molecule has 1 aliphatic rings. The average Bonchev–Trinajstić information content (AvgIpc) is 1.78. The SMILES string of the molecule is CC1(C)CCN(P)CC1. The van der Waals surface area contributed by atoms with Crippen LogP contribution in [0.5, 0.6) is 0 Å². The topological polar surface area (TPSA) is 3.24 Å². The van der Waals surface area contributed by atoms with E-state index < -0.39 is 0 Å². The van der Waals surface area contributed by atoms with E-state index in [4.69, 9.17) is 0 Å². The fourth-order valence-electron chi connectivity index (χ4n) is 1.13. The second-order valence-corrected chi connectivity index (χ2v) is 4.43. The van der Waals surface area contributed by atoms with Crippen LogP contribution >= 0.6 is 9.39 Å². The maximum atomic E-state index is 2.77. The smallest absolute Gasteiger partial charge is 0.00212 e. The first-order valence-electron chi connectivity index (χ1n) is 3.60. The van der Waals surface area contributed by atoms with Crippen molar-refractivity contribution in [1.82, 2.24) is 4.67 Å². The first-order chi connectivity index (χ1) is 4.10.